The van der Waals surface area contributed by atoms with Gasteiger partial charge in [0.05, 0.1) is 0 Å². The average molecular weight is 170 g/mol. The highest BCUT2D eigenvalue weighted by atomic mass is 16.3. The van der Waals surface area contributed by atoms with E-state index in [2.05, 4.69) is 6.92 Å². The summed E-state index contributed by atoms with van der Waals surface area (Å²) in [6.45, 7) is 1.78. The molecule has 12 heavy (non-hydrogen) atoms. The van der Waals surface area contributed by atoms with Crippen molar-refractivity contribution in [1.82, 2.24) is 0 Å². The lowest BCUT2D eigenvalue weighted by Crippen LogP contribution is -2.34. The Morgan fingerprint density at radius 2 is 1.92 bits per heavy atom. The van der Waals surface area contributed by atoms with Gasteiger partial charge in [-0.2, -0.15) is 0 Å². The van der Waals surface area contributed by atoms with Crippen molar-refractivity contribution >= 4 is 5.78 Å². The van der Waals surface area contributed by atoms with Crippen molar-refractivity contribution < 1.29 is 9.90 Å². The molecule has 0 radical (unpaired) electrons. The van der Waals surface area contributed by atoms with Gasteiger partial charge in [0.1, 0.15) is 6.61 Å². The van der Waals surface area contributed by atoms with Gasteiger partial charge in [0.2, 0.25) is 0 Å². The van der Waals surface area contributed by atoms with E-state index in [0.717, 1.165) is 32.1 Å². The molecule has 0 saturated heterocycles. The lowest BCUT2D eigenvalue weighted by molar-refractivity contribution is -0.133. The fourth-order valence-electron chi connectivity index (χ4n) is 2.23. The minimum Gasteiger partial charge on any atom is -0.389 e. The summed E-state index contributed by atoms with van der Waals surface area (Å²) in [6.07, 6.45) is 6.43. The van der Waals surface area contributed by atoms with Crippen molar-refractivity contribution in [3.8, 4) is 0 Å². The summed E-state index contributed by atoms with van der Waals surface area (Å²) in [5.74, 6) is 0.0599. The van der Waals surface area contributed by atoms with Crippen LogP contribution >= 0.6 is 0 Å². The predicted octanol–water partition coefficient (Wildman–Crippen LogP) is 1.91. The number of hydrogen-bond acceptors (Lipinski definition) is 2. The fourth-order valence-corrected chi connectivity index (χ4v) is 2.23. The van der Waals surface area contributed by atoms with Gasteiger partial charge in [-0.15, -0.1) is 0 Å². The Balaban J connectivity index is 2.66. The Morgan fingerprint density at radius 1 is 1.33 bits per heavy atom. The van der Waals surface area contributed by atoms with Crippen LogP contribution in [-0.2, 0) is 4.79 Å². The SMILES string of the molecule is CCC1(C(=O)CO)CCCCC1. The maximum atomic E-state index is 11.5. The molecule has 1 aliphatic rings. The summed E-state index contributed by atoms with van der Waals surface area (Å²) in [6, 6.07) is 0. The van der Waals surface area contributed by atoms with Crippen molar-refractivity contribution in [2.24, 2.45) is 5.41 Å². The fraction of sp³-hybridized carbons (Fsp3) is 0.900. The molecule has 1 aliphatic carbocycles. The lowest BCUT2D eigenvalue weighted by Gasteiger charge is -2.34. The van der Waals surface area contributed by atoms with Crippen LogP contribution < -0.4 is 0 Å². The summed E-state index contributed by atoms with van der Waals surface area (Å²) < 4.78 is 0. The minimum atomic E-state index is -0.270. The zero-order valence-corrected chi connectivity index (χ0v) is 7.81. The van der Waals surface area contributed by atoms with Gasteiger partial charge >= 0.3 is 0 Å². The second kappa shape index (κ2) is 4.04. The molecule has 0 aromatic carbocycles. The third kappa shape index (κ3) is 1.69. The summed E-state index contributed by atoms with van der Waals surface area (Å²) >= 11 is 0. The monoisotopic (exact) mass is 170 g/mol. The highest BCUT2D eigenvalue weighted by molar-refractivity contribution is 5.85. The summed E-state index contributed by atoms with van der Waals surface area (Å²) in [5, 5.41) is 8.83. The molecule has 0 aromatic rings. The van der Waals surface area contributed by atoms with Crippen molar-refractivity contribution in [2.75, 3.05) is 6.61 Å². The van der Waals surface area contributed by atoms with Crippen LogP contribution in [0.2, 0.25) is 0 Å². The first kappa shape index (κ1) is 9.72. The third-order valence-corrected chi connectivity index (χ3v) is 3.22. The van der Waals surface area contributed by atoms with E-state index < -0.39 is 0 Å². The molecule has 2 nitrogen and oxygen atoms in total. The van der Waals surface area contributed by atoms with Crippen LogP contribution in [0.1, 0.15) is 45.4 Å². The number of carbonyl (C=O) groups is 1. The van der Waals surface area contributed by atoms with Gasteiger partial charge in [0, 0.05) is 5.41 Å². The zero-order valence-electron chi connectivity index (χ0n) is 7.81. The predicted molar refractivity (Wildman–Crippen MR) is 47.9 cm³/mol. The Labute approximate surface area is 74.0 Å². The number of Topliss-reactive ketones (excluding diaryl/α,β-unsaturated/α-hetero) is 1. The van der Waals surface area contributed by atoms with E-state index in [1.165, 1.54) is 6.42 Å². The maximum Gasteiger partial charge on any atom is 0.164 e. The minimum absolute atomic E-state index is 0.0599. The van der Waals surface area contributed by atoms with Crippen LogP contribution in [-0.4, -0.2) is 17.5 Å². The normalized spacial score (nSPS) is 22.2. The van der Waals surface area contributed by atoms with Crippen molar-refractivity contribution in [2.45, 2.75) is 45.4 Å². The Hall–Kier alpha value is -0.370. The van der Waals surface area contributed by atoms with E-state index in [-0.39, 0.29) is 17.8 Å². The van der Waals surface area contributed by atoms with Crippen LogP contribution in [0.25, 0.3) is 0 Å². The third-order valence-electron chi connectivity index (χ3n) is 3.22. The first-order valence-corrected chi connectivity index (χ1v) is 4.89. The number of carbonyl (C=O) groups excluding carboxylic acids is 1. The van der Waals surface area contributed by atoms with Gasteiger partial charge in [-0.3, -0.25) is 4.79 Å². The maximum absolute atomic E-state index is 11.5. The number of rotatable bonds is 3. The molecule has 1 fully saturated rings. The van der Waals surface area contributed by atoms with Crippen molar-refractivity contribution in [3.63, 3.8) is 0 Å². The highest BCUT2D eigenvalue weighted by Crippen LogP contribution is 2.39. The summed E-state index contributed by atoms with van der Waals surface area (Å²) in [4.78, 5) is 11.5. The molecule has 70 valence electrons. The molecular formula is C10H18O2. The molecule has 0 spiro atoms. The molecular weight excluding hydrogens is 152 g/mol. The van der Waals surface area contributed by atoms with Gasteiger partial charge in [0.25, 0.3) is 0 Å². The second-order valence-corrected chi connectivity index (χ2v) is 3.78. The molecule has 0 atom stereocenters. The Kier molecular flexibility index (Phi) is 3.27. The molecule has 2 heteroatoms. The Bertz CT molecular complexity index is 157. The molecule has 0 unspecified atom stereocenters. The van der Waals surface area contributed by atoms with Gasteiger partial charge in [-0.25, -0.2) is 0 Å². The van der Waals surface area contributed by atoms with Crippen LogP contribution in [0, 0.1) is 5.41 Å². The van der Waals surface area contributed by atoms with E-state index in [1.54, 1.807) is 0 Å². The summed E-state index contributed by atoms with van der Waals surface area (Å²) in [7, 11) is 0. The van der Waals surface area contributed by atoms with Crippen LogP contribution in [0.4, 0.5) is 0 Å². The van der Waals surface area contributed by atoms with Crippen molar-refractivity contribution in [3.05, 3.63) is 0 Å². The van der Waals surface area contributed by atoms with Crippen LogP contribution in [0.5, 0.6) is 0 Å². The van der Waals surface area contributed by atoms with E-state index in [4.69, 9.17) is 5.11 Å². The smallest absolute Gasteiger partial charge is 0.164 e. The van der Waals surface area contributed by atoms with Gasteiger partial charge in [-0.05, 0) is 19.3 Å². The molecule has 1 saturated carbocycles. The van der Waals surface area contributed by atoms with E-state index in [9.17, 15) is 4.79 Å². The van der Waals surface area contributed by atoms with Crippen LogP contribution in [0.15, 0.2) is 0 Å². The quantitative estimate of drug-likeness (QED) is 0.702. The number of aliphatic hydroxyl groups is 1. The molecule has 0 aliphatic heterocycles. The number of hydrogen-bond donors (Lipinski definition) is 1. The topological polar surface area (TPSA) is 37.3 Å². The Morgan fingerprint density at radius 3 is 2.33 bits per heavy atom. The molecule has 1 N–H and O–H groups in total. The van der Waals surface area contributed by atoms with E-state index in [0.29, 0.717) is 0 Å². The highest BCUT2D eigenvalue weighted by Gasteiger charge is 2.36. The zero-order chi connectivity index (χ0) is 9.03. The van der Waals surface area contributed by atoms with E-state index >= 15 is 0 Å². The molecule has 1 rings (SSSR count). The summed E-state index contributed by atoms with van der Waals surface area (Å²) in [5.41, 5.74) is -0.160. The number of ketones is 1. The largest absolute Gasteiger partial charge is 0.389 e. The standard InChI is InChI=1S/C10H18O2/c1-2-10(9(12)8-11)6-4-3-5-7-10/h11H,2-8H2,1H3. The first-order valence-electron chi connectivity index (χ1n) is 4.89. The lowest BCUT2D eigenvalue weighted by atomic mass is 9.69. The van der Waals surface area contributed by atoms with E-state index in [1.807, 2.05) is 0 Å². The average Bonchev–Trinajstić information content (AvgIpc) is 2.17. The number of aliphatic hydroxyl groups excluding tert-OH is 1. The van der Waals surface area contributed by atoms with Crippen molar-refractivity contribution in [1.29, 1.82) is 0 Å². The first-order chi connectivity index (χ1) is 5.75. The molecule has 0 bridgehead atoms. The van der Waals surface area contributed by atoms with Gasteiger partial charge < -0.3 is 5.11 Å². The van der Waals surface area contributed by atoms with Crippen LogP contribution in [0.3, 0.4) is 0 Å². The van der Waals surface area contributed by atoms with Gasteiger partial charge in [-0.1, -0.05) is 26.2 Å². The second-order valence-electron chi connectivity index (χ2n) is 3.78. The van der Waals surface area contributed by atoms with Gasteiger partial charge in [0.15, 0.2) is 5.78 Å². The molecule has 0 amide bonds. The molecule has 0 aromatic heterocycles. The molecule has 0 heterocycles.